The predicted molar refractivity (Wildman–Crippen MR) is 69.5 cm³/mol. The molecule has 4 nitrogen and oxygen atoms in total. The van der Waals surface area contributed by atoms with E-state index in [4.69, 9.17) is 10.3 Å². The Labute approximate surface area is 108 Å². The summed E-state index contributed by atoms with van der Waals surface area (Å²) in [4.78, 5) is 4.05. The summed E-state index contributed by atoms with van der Waals surface area (Å²) in [6.45, 7) is 0. The molecule has 3 aromatic rings. The predicted octanol–water partition coefficient (Wildman–Crippen LogP) is 3.12. The first-order chi connectivity index (χ1) is 9.25. The molecule has 0 atom stereocenters. The van der Waals surface area contributed by atoms with Gasteiger partial charge in [-0.3, -0.25) is 4.98 Å². The second kappa shape index (κ2) is 4.53. The van der Waals surface area contributed by atoms with Crippen LogP contribution in [0.4, 0.5) is 10.2 Å². The van der Waals surface area contributed by atoms with Crippen LogP contribution in [0.1, 0.15) is 0 Å². The van der Waals surface area contributed by atoms with Gasteiger partial charge in [-0.15, -0.1) is 0 Å². The normalized spacial score (nSPS) is 10.6. The Morgan fingerprint density at radius 3 is 2.53 bits per heavy atom. The lowest BCUT2D eigenvalue weighted by Crippen LogP contribution is -1.89. The van der Waals surface area contributed by atoms with E-state index in [0.717, 1.165) is 5.56 Å². The molecule has 0 aliphatic heterocycles. The summed E-state index contributed by atoms with van der Waals surface area (Å²) >= 11 is 0. The first-order valence-electron chi connectivity index (χ1n) is 5.67. The van der Waals surface area contributed by atoms with E-state index in [2.05, 4.69) is 10.1 Å². The minimum Gasteiger partial charge on any atom is -0.380 e. The van der Waals surface area contributed by atoms with E-state index in [-0.39, 0.29) is 11.6 Å². The maximum atomic E-state index is 13.0. The number of halogens is 1. The minimum absolute atomic E-state index is 0.285. The number of rotatable bonds is 2. The van der Waals surface area contributed by atoms with Gasteiger partial charge in [-0.05, 0) is 30.3 Å². The second-order valence-electron chi connectivity index (χ2n) is 4.02. The van der Waals surface area contributed by atoms with Crippen LogP contribution in [0, 0.1) is 5.82 Å². The van der Waals surface area contributed by atoms with Crippen molar-refractivity contribution in [3.63, 3.8) is 0 Å². The first-order valence-corrected chi connectivity index (χ1v) is 5.67. The van der Waals surface area contributed by atoms with E-state index in [9.17, 15) is 4.39 Å². The number of nitrogens with two attached hydrogens (primary N) is 1. The molecule has 1 aromatic carbocycles. The van der Waals surface area contributed by atoms with Gasteiger partial charge < -0.3 is 10.3 Å². The van der Waals surface area contributed by atoms with Crippen LogP contribution in [-0.2, 0) is 0 Å². The summed E-state index contributed by atoms with van der Waals surface area (Å²) in [5.74, 6) is 0.483. The lowest BCUT2D eigenvalue weighted by atomic mass is 10.0. The van der Waals surface area contributed by atoms with Gasteiger partial charge in [-0.2, -0.15) is 0 Å². The zero-order valence-corrected chi connectivity index (χ0v) is 9.88. The molecule has 0 bridgehead atoms. The molecule has 0 saturated carbocycles. The van der Waals surface area contributed by atoms with Crippen molar-refractivity contribution in [2.75, 3.05) is 5.73 Å². The van der Waals surface area contributed by atoms with Gasteiger partial charge in [-0.1, -0.05) is 11.2 Å². The van der Waals surface area contributed by atoms with Crippen molar-refractivity contribution in [2.24, 2.45) is 0 Å². The summed E-state index contributed by atoms with van der Waals surface area (Å²) in [5.41, 5.74) is 8.02. The van der Waals surface area contributed by atoms with Crippen LogP contribution in [0.3, 0.4) is 0 Å². The largest absolute Gasteiger partial charge is 0.380 e. The number of pyridine rings is 1. The molecule has 19 heavy (non-hydrogen) atoms. The van der Waals surface area contributed by atoms with Crippen LogP contribution >= 0.6 is 0 Å². The van der Waals surface area contributed by atoms with Gasteiger partial charge in [0.15, 0.2) is 11.6 Å². The van der Waals surface area contributed by atoms with Crippen LogP contribution in [0.15, 0.2) is 53.3 Å². The van der Waals surface area contributed by atoms with Crippen molar-refractivity contribution >= 4 is 5.82 Å². The molecule has 0 saturated heterocycles. The molecule has 0 spiro atoms. The number of hydrogen-bond donors (Lipinski definition) is 1. The van der Waals surface area contributed by atoms with E-state index in [1.54, 1.807) is 30.6 Å². The fraction of sp³-hybridized carbons (Fsp3) is 0. The summed E-state index contributed by atoms with van der Waals surface area (Å²) in [5, 5.41) is 3.77. The summed E-state index contributed by atoms with van der Waals surface area (Å²) < 4.78 is 18.2. The van der Waals surface area contributed by atoms with E-state index in [0.29, 0.717) is 16.9 Å². The standard InChI is InChI=1S/C14H10FN3O/c15-11-5-3-9(4-6-11)13-12(14(16)18-19-13)10-2-1-7-17-8-10/h1-8H,(H2,16,18). The Morgan fingerprint density at radius 1 is 1.05 bits per heavy atom. The number of nitrogen functional groups attached to an aromatic ring is 1. The third-order valence-corrected chi connectivity index (χ3v) is 2.78. The van der Waals surface area contributed by atoms with Crippen LogP contribution in [0.5, 0.6) is 0 Å². The molecule has 0 aliphatic rings. The molecular weight excluding hydrogens is 245 g/mol. The number of hydrogen-bond acceptors (Lipinski definition) is 4. The van der Waals surface area contributed by atoms with Crippen molar-refractivity contribution in [1.82, 2.24) is 10.1 Å². The highest BCUT2D eigenvalue weighted by molar-refractivity contribution is 5.86. The highest BCUT2D eigenvalue weighted by atomic mass is 19.1. The van der Waals surface area contributed by atoms with Gasteiger partial charge >= 0.3 is 0 Å². The molecule has 0 radical (unpaired) electrons. The molecule has 94 valence electrons. The maximum absolute atomic E-state index is 13.0. The highest BCUT2D eigenvalue weighted by Gasteiger charge is 2.17. The van der Waals surface area contributed by atoms with Crippen LogP contribution in [0.2, 0.25) is 0 Å². The highest BCUT2D eigenvalue weighted by Crippen LogP contribution is 2.35. The average molecular weight is 255 g/mol. The monoisotopic (exact) mass is 255 g/mol. The second-order valence-corrected chi connectivity index (χ2v) is 4.02. The molecule has 2 N–H and O–H groups in total. The lowest BCUT2D eigenvalue weighted by Gasteiger charge is -2.02. The van der Waals surface area contributed by atoms with Gasteiger partial charge in [-0.25, -0.2) is 4.39 Å². The summed E-state index contributed by atoms with van der Waals surface area (Å²) in [6.07, 6.45) is 3.35. The topological polar surface area (TPSA) is 64.9 Å². The van der Waals surface area contributed by atoms with E-state index in [1.165, 1.54) is 12.1 Å². The first kappa shape index (κ1) is 11.4. The van der Waals surface area contributed by atoms with Crippen molar-refractivity contribution in [3.05, 3.63) is 54.6 Å². The van der Waals surface area contributed by atoms with Crippen molar-refractivity contribution < 1.29 is 8.91 Å². The third kappa shape index (κ3) is 2.06. The average Bonchev–Trinajstić information content (AvgIpc) is 2.82. The number of nitrogens with zero attached hydrogens (tertiary/aromatic N) is 2. The minimum atomic E-state index is -0.306. The quantitative estimate of drug-likeness (QED) is 0.764. The molecule has 0 amide bonds. The molecular formula is C14H10FN3O. The molecule has 0 unspecified atom stereocenters. The van der Waals surface area contributed by atoms with Gasteiger partial charge in [0.05, 0.1) is 5.56 Å². The Morgan fingerprint density at radius 2 is 1.84 bits per heavy atom. The zero-order chi connectivity index (χ0) is 13.2. The fourth-order valence-corrected chi connectivity index (χ4v) is 1.89. The molecule has 3 rings (SSSR count). The summed E-state index contributed by atoms with van der Waals surface area (Å²) in [6, 6.07) is 9.63. The van der Waals surface area contributed by atoms with Gasteiger partial charge in [0, 0.05) is 23.5 Å². The molecule has 0 aliphatic carbocycles. The van der Waals surface area contributed by atoms with Crippen LogP contribution < -0.4 is 5.73 Å². The maximum Gasteiger partial charge on any atom is 0.176 e. The van der Waals surface area contributed by atoms with Gasteiger partial charge in [0.1, 0.15) is 5.82 Å². The fourth-order valence-electron chi connectivity index (χ4n) is 1.89. The molecule has 0 fully saturated rings. The Bertz CT molecular complexity index is 692. The van der Waals surface area contributed by atoms with E-state index < -0.39 is 0 Å². The van der Waals surface area contributed by atoms with Crippen LogP contribution in [0.25, 0.3) is 22.5 Å². The summed E-state index contributed by atoms with van der Waals surface area (Å²) in [7, 11) is 0. The SMILES string of the molecule is Nc1noc(-c2ccc(F)cc2)c1-c1cccnc1. The molecule has 2 aromatic heterocycles. The van der Waals surface area contributed by atoms with Gasteiger partial charge in [0.2, 0.25) is 0 Å². The number of benzene rings is 1. The van der Waals surface area contributed by atoms with Gasteiger partial charge in [0.25, 0.3) is 0 Å². The smallest absolute Gasteiger partial charge is 0.176 e. The van der Waals surface area contributed by atoms with E-state index >= 15 is 0 Å². The van der Waals surface area contributed by atoms with Crippen molar-refractivity contribution in [1.29, 1.82) is 0 Å². The van der Waals surface area contributed by atoms with Crippen molar-refractivity contribution in [2.45, 2.75) is 0 Å². The zero-order valence-electron chi connectivity index (χ0n) is 9.88. The Balaban J connectivity index is 2.16. The van der Waals surface area contributed by atoms with E-state index in [1.807, 2.05) is 6.07 Å². The lowest BCUT2D eigenvalue weighted by molar-refractivity contribution is 0.436. The molecule has 2 heterocycles. The Hall–Kier alpha value is -2.69. The third-order valence-electron chi connectivity index (χ3n) is 2.78. The van der Waals surface area contributed by atoms with Crippen molar-refractivity contribution in [3.8, 4) is 22.5 Å². The molecule has 5 heteroatoms. The number of aromatic nitrogens is 2. The Kier molecular flexibility index (Phi) is 2.72. The number of anilines is 1. The van der Waals surface area contributed by atoms with Crippen LogP contribution in [-0.4, -0.2) is 10.1 Å².